The molecule has 0 aromatic heterocycles. The summed E-state index contributed by atoms with van der Waals surface area (Å²) in [4.78, 5) is 35.0. The second-order valence-electron chi connectivity index (χ2n) is 5.89. The molecule has 0 fully saturated rings. The van der Waals surface area contributed by atoms with E-state index in [4.69, 9.17) is 4.74 Å². The summed E-state index contributed by atoms with van der Waals surface area (Å²) >= 11 is 0. The van der Waals surface area contributed by atoms with Gasteiger partial charge in [0.15, 0.2) is 0 Å². The van der Waals surface area contributed by atoms with Gasteiger partial charge in [-0.25, -0.2) is 4.79 Å². The number of amides is 3. The minimum atomic E-state index is -0.790. The Bertz CT molecular complexity index is 377. The van der Waals surface area contributed by atoms with Gasteiger partial charge in [0.2, 0.25) is 11.8 Å². The van der Waals surface area contributed by atoms with Crippen LogP contribution in [0.15, 0.2) is 0 Å². The predicted octanol–water partition coefficient (Wildman–Crippen LogP) is 0.930. The third kappa shape index (κ3) is 8.88. The van der Waals surface area contributed by atoms with Gasteiger partial charge in [0, 0.05) is 6.54 Å². The van der Waals surface area contributed by atoms with Crippen LogP contribution in [0.4, 0.5) is 4.79 Å². The molecule has 0 spiro atoms. The van der Waals surface area contributed by atoms with Crippen molar-refractivity contribution in [3.63, 3.8) is 0 Å². The summed E-state index contributed by atoms with van der Waals surface area (Å²) in [6.45, 7) is 10.8. The number of alkyl carbamates (subject to hydrolysis) is 1. The van der Waals surface area contributed by atoms with E-state index in [9.17, 15) is 14.4 Å². The monoisotopic (exact) mass is 301 g/mol. The lowest BCUT2D eigenvalue weighted by Crippen LogP contribution is -2.52. The molecule has 0 rings (SSSR count). The van der Waals surface area contributed by atoms with Crippen molar-refractivity contribution in [1.29, 1.82) is 0 Å². The van der Waals surface area contributed by atoms with Crippen LogP contribution in [0.5, 0.6) is 0 Å². The zero-order valence-electron chi connectivity index (χ0n) is 13.7. The number of carbonyl (C=O) groups is 3. The van der Waals surface area contributed by atoms with Crippen LogP contribution in [0.25, 0.3) is 0 Å². The van der Waals surface area contributed by atoms with Crippen LogP contribution in [0.2, 0.25) is 0 Å². The molecule has 7 heteroatoms. The lowest BCUT2D eigenvalue weighted by molar-refractivity contribution is -0.129. The maximum Gasteiger partial charge on any atom is 0.408 e. The van der Waals surface area contributed by atoms with E-state index in [-0.39, 0.29) is 5.91 Å². The Labute approximate surface area is 126 Å². The van der Waals surface area contributed by atoms with Gasteiger partial charge in [-0.15, -0.1) is 0 Å². The molecule has 0 aliphatic rings. The van der Waals surface area contributed by atoms with Crippen LogP contribution in [0, 0.1) is 0 Å². The molecule has 3 amide bonds. The zero-order chi connectivity index (χ0) is 16.6. The zero-order valence-corrected chi connectivity index (χ0v) is 13.7. The normalized spacial score (nSPS) is 13.8. The lowest BCUT2D eigenvalue weighted by atomic mass is 10.2. The molecule has 0 aromatic rings. The van der Waals surface area contributed by atoms with Crippen molar-refractivity contribution in [1.82, 2.24) is 16.0 Å². The number of carbonyl (C=O) groups excluding carboxylic acids is 3. The number of ether oxygens (including phenoxy) is 1. The highest BCUT2D eigenvalue weighted by molar-refractivity contribution is 5.90. The molecule has 0 aromatic carbocycles. The van der Waals surface area contributed by atoms with Crippen LogP contribution >= 0.6 is 0 Å². The van der Waals surface area contributed by atoms with E-state index >= 15 is 0 Å². The molecule has 0 aliphatic heterocycles. The van der Waals surface area contributed by atoms with Gasteiger partial charge in [0.05, 0.1) is 0 Å². The molecular formula is C14H27N3O4. The van der Waals surface area contributed by atoms with E-state index in [1.807, 2.05) is 6.92 Å². The van der Waals surface area contributed by atoms with Crippen LogP contribution in [0.1, 0.15) is 48.0 Å². The molecule has 0 aliphatic carbocycles. The first-order valence-corrected chi connectivity index (χ1v) is 7.14. The van der Waals surface area contributed by atoms with Gasteiger partial charge in [0.1, 0.15) is 17.7 Å². The lowest BCUT2D eigenvalue weighted by Gasteiger charge is -2.22. The summed E-state index contributed by atoms with van der Waals surface area (Å²) < 4.78 is 5.05. The molecule has 0 bridgehead atoms. The van der Waals surface area contributed by atoms with Crippen molar-refractivity contribution in [3.8, 4) is 0 Å². The highest BCUT2D eigenvalue weighted by Gasteiger charge is 2.23. The average Bonchev–Trinajstić information content (AvgIpc) is 2.32. The van der Waals surface area contributed by atoms with E-state index in [0.717, 1.165) is 6.42 Å². The fourth-order valence-electron chi connectivity index (χ4n) is 1.36. The highest BCUT2D eigenvalue weighted by atomic mass is 16.6. The van der Waals surface area contributed by atoms with E-state index in [2.05, 4.69) is 16.0 Å². The van der Waals surface area contributed by atoms with Crippen molar-refractivity contribution in [3.05, 3.63) is 0 Å². The molecule has 0 heterocycles. The van der Waals surface area contributed by atoms with E-state index in [1.54, 1.807) is 27.7 Å². The average molecular weight is 301 g/mol. The van der Waals surface area contributed by atoms with Crippen molar-refractivity contribution < 1.29 is 19.1 Å². The molecule has 0 radical (unpaired) electrons. The smallest absolute Gasteiger partial charge is 0.408 e. The van der Waals surface area contributed by atoms with E-state index < -0.39 is 29.7 Å². The van der Waals surface area contributed by atoms with E-state index in [0.29, 0.717) is 6.54 Å². The number of hydrogen-bond donors (Lipinski definition) is 3. The Morgan fingerprint density at radius 1 is 1.00 bits per heavy atom. The standard InChI is InChI=1S/C14H27N3O4/c1-7-8-15-11(18)9(2)16-12(19)10(3)17-13(20)21-14(4,5)6/h9-10H,7-8H2,1-6H3,(H,15,18)(H,16,19)(H,17,20). The van der Waals surface area contributed by atoms with Crippen molar-refractivity contribution in [2.24, 2.45) is 0 Å². The molecule has 2 unspecified atom stereocenters. The van der Waals surface area contributed by atoms with Crippen LogP contribution in [-0.4, -0.2) is 42.1 Å². The molecule has 7 nitrogen and oxygen atoms in total. The first-order valence-electron chi connectivity index (χ1n) is 7.14. The topological polar surface area (TPSA) is 96.5 Å². The number of nitrogens with one attached hydrogen (secondary N) is 3. The van der Waals surface area contributed by atoms with Gasteiger partial charge >= 0.3 is 6.09 Å². The first-order chi connectivity index (χ1) is 9.56. The van der Waals surface area contributed by atoms with Gasteiger partial charge in [-0.05, 0) is 41.0 Å². The largest absolute Gasteiger partial charge is 0.444 e. The van der Waals surface area contributed by atoms with Gasteiger partial charge in [-0.1, -0.05) is 6.92 Å². The van der Waals surface area contributed by atoms with Gasteiger partial charge in [0.25, 0.3) is 0 Å². The molecule has 21 heavy (non-hydrogen) atoms. The van der Waals surface area contributed by atoms with Crippen molar-refractivity contribution in [2.45, 2.75) is 65.6 Å². The summed E-state index contributed by atoms with van der Waals surface area (Å²) in [5.74, 6) is -0.699. The maximum atomic E-state index is 11.9. The number of hydrogen-bond acceptors (Lipinski definition) is 4. The summed E-state index contributed by atoms with van der Waals surface area (Å²) in [6, 6.07) is -1.45. The molecule has 0 saturated heterocycles. The first kappa shape index (κ1) is 19.2. The second kappa shape index (κ2) is 8.49. The predicted molar refractivity (Wildman–Crippen MR) is 79.7 cm³/mol. The van der Waals surface area contributed by atoms with Crippen LogP contribution in [0.3, 0.4) is 0 Å². The summed E-state index contributed by atoms with van der Waals surface area (Å²) in [5, 5.41) is 7.64. The molecule has 2 atom stereocenters. The Hall–Kier alpha value is -1.79. The summed E-state index contributed by atoms with van der Waals surface area (Å²) in [6.07, 6.45) is 0.150. The Kier molecular flexibility index (Phi) is 7.76. The van der Waals surface area contributed by atoms with Crippen LogP contribution in [-0.2, 0) is 14.3 Å². The van der Waals surface area contributed by atoms with Gasteiger partial charge < -0.3 is 20.7 Å². The Morgan fingerprint density at radius 2 is 1.52 bits per heavy atom. The third-order valence-corrected chi connectivity index (χ3v) is 2.43. The minimum absolute atomic E-state index is 0.255. The molecule has 122 valence electrons. The SMILES string of the molecule is CCCNC(=O)C(C)NC(=O)C(C)NC(=O)OC(C)(C)C. The summed E-state index contributed by atoms with van der Waals surface area (Å²) in [7, 11) is 0. The Balaban J connectivity index is 4.27. The molecule has 3 N–H and O–H groups in total. The quantitative estimate of drug-likeness (QED) is 0.680. The highest BCUT2D eigenvalue weighted by Crippen LogP contribution is 2.06. The third-order valence-electron chi connectivity index (χ3n) is 2.43. The number of rotatable bonds is 6. The van der Waals surface area contributed by atoms with Gasteiger partial charge in [-0.2, -0.15) is 0 Å². The minimum Gasteiger partial charge on any atom is -0.444 e. The Morgan fingerprint density at radius 3 is 2.00 bits per heavy atom. The van der Waals surface area contributed by atoms with Gasteiger partial charge in [-0.3, -0.25) is 9.59 Å². The molecule has 0 saturated carbocycles. The van der Waals surface area contributed by atoms with E-state index in [1.165, 1.54) is 6.92 Å². The van der Waals surface area contributed by atoms with Crippen LogP contribution < -0.4 is 16.0 Å². The second-order valence-corrected chi connectivity index (χ2v) is 5.89. The van der Waals surface area contributed by atoms with Crippen molar-refractivity contribution >= 4 is 17.9 Å². The molecular weight excluding hydrogens is 274 g/mol. The fraction of sp³-hybridized carbons (Fsp3) is 0.786. The van der Waals surface area contributed by atoms with Crippen molar-refractivity contribution in [2.75, 3.05) is 6.54 Å². The summed E-state index contributed by atoms with van der Waals surface area (Å²) in [5.41, 5.74) is -0.631. The maximum absolute atomic E-state index is 11.9. The fourth-order valence-corrected chi connectivity index (χ4v) is 1.36.